The van der Waals surface area contributed by atoms with Crippen molar-refractivity contribution in [3.63, 3.8) is 0 Å². The summed E-state index contributed by atoms with van der Waals surface area (Å²) in [7, 11) is 0. The van der Waals surface area contributed by atoms with Gasteiger partial charge in [0.2, 0.25) is 6.41 Å². The second kappa shape index (κ2) is 6.47. The Bertz CT molecular complexity index is 599. The van der Waals surface area contributed by atoms with Gasteiger partial charge in [0.15, 0.2) is 0 Å². The van der Waals surface area contributed by atoms with Crippen LogP contribution in [0.4, 0.5) is 5.69 Å². The molecule has 0 saturated heterocycles. The molecular weight excluding hydrogens is 256 g/mol. The van der Waals surface area contributed by atoms with Crippen LogP contribution in [0.2, 0.25) is 0 Å². The molecule has 0 aromatic heterocycles. The molecule has 0 bridgehead atoms. The molecular formula is C15H14N2O3. The molecule has 0 aliphatic rings. The Balaban J connectivity index is 2.29. The molecule has 20 heavy (non-hydrogen) atoms. The van der Waals surface area contributed by atoms with E-state index >= 15 is 0 Å². The summed E-state index contributed by atoms with van der Waals surface area (Å²) in [6.45, 7) is 0. The quantitative estimate of drug-likeness (QED) is 0.498. The maximum Gasteiger partial charge on any atom is 0.272 e. The normalized spacial score (nSPS) is 11.6. The third-order valence-electron chi connectivity index (χ3n) is 3.08. The Hall–Kier alpha value is -2.69. The Morgan fingerprint density at radius 3 is 2.40 bits per heavy atom. The van der Waals surface area contributed by atoms with Crippen molar-refractivity contribution in [2.45, 2.75) is 12.5 Å². The van der Waals surface area contributed by atoms with Crippen LogP contribution in [0, 0.1) is 10.1 Å². The van der Waals surface area contributed by atoms with Gasteiger partial charge in [-0.15, -0.1) is 0 Å². The van der Waals surface area contributed by atoms with Crippen LogP contribution in [-0.2, 0) is 11.2 Å². The minimum absolute atomic E-state index is 0.0705. The number of para-hydroxylation sites is 1. The zero-order valence-corrected chi connectivity index (χ0v) is 10.7. The van der Waals surface area contributed by atoms with E-state index in [0.717, 1.165) is 5.56 Å². The van der Waals surface area contributed by atoms with Gasteiger partial charge >= 0.3 is 0 Å². The molecule has 0 radical (unpaired) electrons. The van der Waals surface area contributed by atoms with Crippen LogP contribution in [0.1, 0.15) is 17.2 Å². The molecule has 0 spiro atoms. The predicted molar refractivity (Wildman–Crippen MR) is 75.2 cm³/mol. The molecule has 1 N–H and O–H groups in total. The summed E-state index contributed by atoms with van der Waals surface area (Å²) in [6, 6.07) is 15.7. The minimum atomic E-state index is -0.404. The Kier molecular flexibility index (Phi) is 4.44. The van der Waals surface area contributed by atoms with Crippen molar-refractivity contribution < 1.29 is 9.72 Å². The van der Waals surface area contributed by atoms with Gasteiger partial charge < -0.3 is 5.32 Å². The molecule has 0 aliphatic heterocycles. The van der Waals surface area contributed by atoms with Crippen molar-refractivity contribution >= 4 is 12.1 Å². The Morgan fingerprint density at radius 1 is 1.10 bits per heavy atom. The van der Waals surface area contributed by atoms with Gasteiger partial charge in [0, 0.05) is 18.1 Å². The van der Waals surface area contributed by atoms with Crippen LogP contribution in [0.3, 0.4) is 0 Å². The van der Waals surface area contributed by atoms with Gasteiger partial charge in [0.1, 0.15) is 0 Å². The molecule has 5 heteroatoms. The lowest BCUT2D eigenvalue weighted by molar-refractivity contribution is -0.385. The largest absolute Gasteiger partial charge is 0.352 e. The summed E-state index contributed by atoms with van der Waals surface area (Å²) in [5.74, 6) is 0. The number of nitrogens with zero attached hydrogens (tertiary/aromatic N) is 1. The summed E-state index contributed by atoms with van der Waals surface area (Å²) in [6.07, 6.45) is 0.992. The van der Waals surface area contributed by atoms with E-state index in [1.165, 1.54) is 6.07 Å². The topological polar surface area (TPSA) is 72.2 Å². The fourth-order valence-corrected chi connectivity index (χ4v) is 2.12. The molecule has 102 valence electrons. The van der Waals surface area contributed by atoms with E-state index in [2.05, 4.69) is 5.32 Å². The highest BCUT2D eigenvalue weighted by molar-refractivity contribution is 5.49. The van der Waals surface area contributed by atoms with Crippen molar-refractivity contribution in [3.8, 4) is 0 Å². The van der Waals surface area contributed by atoms with Crippen LogP contribution in [0.15, 0.2) is 54.6 Å². The molecule has 1 atom stereocenters. The number of amides is 1. The van der Waals surface area contributed by atoms with Crippen molar-refractivity contribution in [2.24, 2.45) is 0 Å². The zero-order valence-electron chi connectivity index (χ0n) is 10.7. The van der Waals surface area contributed by atoms with E-state index in [9.17, 15) is 14.9 Å². The van der Waals surface area contributed by atoms with E-state index < -0.39 is 4.92 Å². The third kappa shape index (κ3) is 3.20. The maximum absolute atomic E-state index is 11.0. The van der Waals surface area contributed by atoms with Gasteiger partial charge in [-0.25, -0.2) is 0 Å². The van der Waals surface area contributed by atoms with E-state index in [4.69, 9.17) is 0 Å². The fourth-order valence-electron chi connectivity index (χ4n) is 2.12. The molecule has 2 aromatic rings. The van der Waals surface area contributed by atoms with E-state index in [0.29, 0.717) is 18.4 Å². The summed E-state index contributed by atoms with van der Waals surface area (Å²) in [5.41, 5.74) is 1.58. The summed E-state index contributed by atoms with van der Waals surface area (Å²) >= 11 is 0. The van der Waals surface area contributed by atoms with E-state index in [-0.39, 0.29) is 11.7 Å². The maximum atomic E-state index is 11.0. The number of nitro groups is 1. The minimum Gasteiger partial charge on any atom is -0.352 e. The molecule has 2 rings (SSSR count). The summed E-state index contributed by atoms with van der Waals surface area (Å²) in [5, 5.41) is 13.7. The van der Waals surface area contributed by atoms with Crippen molar-refractivity contribution in [1.82, 2.24) is 5.32 Å². The second-order valence-electron chi connectivity index (χ2n) is 4.34. The number of benzene rings is 2. The average Bonchev–Trinajstić information content (AvgIpc) is 2.48. The van der Waals surface area contributed by atoms with Crippen LogP contribution in [0.25, 0.3) is 0 Å². The molecule has 5 nitrogen and oxygen atoms in total. The van der Waals surface area contributed by atoms with E-state index in [1.54, 1.807) is 18.2 Å². The van der Waals surface area contributed by atoms with Crippen molar-refractivity contribution in [2.75, 3.05) is 0 Å². The van der Waals surface area contributed by atoms with Crippen LogP contribution in [0.5, 0.6) is 0 Å². The second-order valence-corrected chi connectivity index (χ2v) is 4.34. The smallest absolute Gasteiger partial charge is 0.272 e. The molecule has 1 amide bonds. The zero-order chi connectivity index (χ0) is 14.4. The van der Waals surface area contributed by atoms with Gasteiger partial charge in [-0.3, -0.25) is 14.9 Å². The van der Waals surface area contributed by atoms with Gasteiger partial charge in [-0.1, -0.05) is 48.5 Å². The lowest BCUT2D eigenvalue weighted by Crippen LogP contribution is -2.22. The number of rotatable bonds is 6. The highest BCUT2D eigenvalue weighted by atomic mass is 16.6. The number of hydrogen-bond donors (Lipinski definition) is 1. The van der Waals surface area contributed by atoms with Gasteiger partial charge in [-0.05, 0) is 5.56 Å². The Morgan fingerprint density at radius 2 is 1.75 bits per heavy atom. The highest BCUT2D eigenvalue weighted by Crippen LogP contribution is 2.24. The highest BCUT2D eigenvalue weighted by Gasteiger charge is 2.18. The van der Waals surface area contributed by atoms with Crippen LogP contribution >= 0.6 is 0 Å². The first-order valence-corrected chi connectivity index (χ1v) is 6.19. The first-order chi connectivity index (χ1) is 9.72. The number of hydrogen-bond acceptors (Lipinski definition) is 3. The number of carbonyl (C=O) groups excluding carboxylic acids is 1. The van der Waals surface area contributed by atoms with Crippen LogP contribution < -0.4 is 5.32 Å². The first kappa shape index (κ1) is 13.7. The number of nitro benzene ring substituents is 1. The standard InChI is InChI=1S/C15H14N2O3/c18-11-16-14(12-6-2-1-3-7-12)10-13-8-4-5-9-15(13)17(19)20/h1-9,11,14H,10H2,(H,16,18)/t14-/m0/s1. The van der Waals surface area contributed by atoms with Gasteiger partial charge in [0.05, 0.1) is 11.0 Å². The molecule has 0 heterocycles. The third-order valence-corrected chi connectivity index (χ3v) is 3.08. The van der Waals surface area contributed by atoms with E-state index in [1.807, 2.05) is 30.3 Å². The first-order valence-electron chi connectivity index (χ1n) is 6.19. The SMILES string of the molecule is O=CN[C@@H](Cc1ccccc1[N+](=O)[O-])c1ccccc1. The van der Waals surface area contributed by atoms with Gasteiger partial charge in [-0.2, -0.15) is 0 Å². The molecule has 0 unspecified atom stereocenters. The molecule has 0 fully saturated rings. The lowest BCUT2D eigenvalue weighted by Gasteiger charge is -2.16. The molecule has 0 aliphatic carbocycles. The Labute approximate surface area is 116 Å². The van der Waals surface area contributed by atoms with Crippen molar-refractivity contribution in [3.05, 3.63) is 75.8 Å². The predicted octanol–water partition coefficient (Wildman–Crippen LogP) is 2.62. The summed E-state index contributed by atoms with van der Waals surface area (Å²) in [4.78, 5) is 21.4. The average molecular weight is 270 g/mol. The number of carbonyl (C=O) groups is 1. The summed E-state index contributed by atoms with van der Waals surface area (Å²) < 4.78 is 0. The lowest BCUT2D eigenvalue weighted by atomic mass is 9.98. The molecule has 0 saturated carbocycles. The van der Waals surface area contributed by atoms with Crippen LogP contribution in [-0.4, -0.2) is 11.3 Å². The van der Waals surface area contributed by atoms with Gasteiger partial charge in [0.25, 0.3) is 5.69 Å². The number of nitrogens with one attached hydrogen (secondary N) is 1. The van der Waals surface area contributed by atoms with Crippen molar-refractivity contribution in [1.29, 1.82) is 0 Å². The monoisotopic (exact) mass is 270 g/mol. The molecule has 2 aromatic carbocycles. The fraction of sp³-hybridized carbons (Fsp3) is 0.133.